The number of halogens is 2. The van der Waals surface area contributed by atoms with Crippen molar-refractivity contribution in [3.63, 3.8) is 0 Å². The van der Waals surface area contributed by atoms with Gasteiger partial charge in [-0.25, -0.2) is 4.98 Å². The van der Waals surface area contributed by atoms with Gasteiger partial charge in [-0.2, -0.15) is 0 Å². The Morgan fingerprint density at radius 3 is 2.38 bits per heavy atom. The van der Waals surface area contributed by atoms with E-state index in [4.69, 9.17) is 28.2 Å². The second-order valence-corrected chi connectivity index (χ2v) is 11.2. The van der Waals surface area contributed by atoms with E-state index in [2.05, 4.69) is 12.2 Å². The van der Waals surface area contributed by atoms with E-state index in [0.717, 1.165) is 66.2 Å². The van der Waals surface area contributed by atoms with Crippen LogP contribution < -0.4 is 5.32 Å². The lowest BCUT2D eigenvalue weighted by atomic mass is 9.49. The summed E-state index contributed by atoms with van der Waals surface area (Å²) in [4.78, 5) is 19.4. The molecule has 6 rings (SSSR count). The van der Waals surface area contributed by atoms with Gasteiger partial charge in [-0.3, -0.25) is 4.79 Å². The van der Waals surface area contributed by atoms with E-state index in [-0.39, 0.29) is 11.3 Å². The summed E-state index contributed by atoms with van der Waals surface area (Å²) in [6, 6.07) is 5.62. The summed E-state index contributed by atoms with van der Waals surface area (Å²) >= 11 is 13.9. The molecule has 0 atom stereocenters. The first-order valence-electron chi connectivity index (χ1n) is 10.7. The number of carbonyl (C=O) groups excluding carboxylic acids is 1. The van der Waals surface area contributed by atoms with Crippen LogP contribution in [-0.2, 0) is 11.2 Å². The molecule has 29 heavy (non-hydrogen) atoms. The average Bonchev–Trinajstić information content (AvgIpc) is 3.05. The molecule has 0 saturated heterocycles. The SMILES string of the molecule is CCCc1sc(NC(=O)C23CC4CC(CC(C4)C2)C3)nc1-c1ccc(Cl)c(Cl)c1. The quantitative estimate of drug-likeness (QED) is 0.523. The number of nitrogens with one attached hydrogen (secondary N) is 1. The zero-order chi connectivity index (χ0) is 20.2. The van der Waals surface area contributed by atoms with E-state index in [1.165, 1.54) is 24.1 Å². The zero-order valence-electron chi connectivity index (χ0n) is 16.6. The molecule has 1 aromatic heterocycles. The van der Waals surface area contributed by atoms with E-state index < -0.39 is 0 Å². The normalized spacial score (nSPS) is 30.0. The topological polar surface area (TPSA) is 42.0 Å². The highest BCUT2D eigenvalue weighted by Gasteiger charge is 2.54. The maximum Gasteiger partial charge on any atom is 0.232 e. The summed E-state index contributed by atoms with van der Waals surface area (Å²) in [5.74, 6) is 2.47. The first-order chi connectivity index (χ1) is 14.0. The van der Waals surface area contributed by atoms with Gasteiger partial charge in [-0.1, -0.05) is 42.6 Å². The predicted molar refractivity (Wildman–Crippen MR) is 121 cm³/mol. The fraction of sp³-hybridized carbons (Fsp3) is 0.565. The number of hydrogen-bond donors (Lipinski definition) is 1. The van der Waals surface area contributed by atoms with E-state index in [0.29, 0.717) is 10.0 Å². The highest BCUT2D eigenvalue weighted by Crippen LogP contribution is 2.60. The van der Waals surface area contributed by atoms with Crippen LogP contribution in [0.5, 0.6) is 0 Å². The van der Waals surface area contributed by atoms with Gasteiger partial charge in [-0.05, 0) is 74.8 Å². The molecular weight excluding hydrogens is 423 g/mol. The van der Waals surface area contributed by atoms with Crippen molar-refractivity contribution < 1.29 is 4.79 Å². The van der Waals surface area contributed by atoms with Crippen molar-refractivity contribution in [2.45, 2.75) is 58.3 Å². The fourth-order valence-electron chi connectivity index (χ4n) is 6.29. The van der Waals surface area contributed by atoms with Crippen molar-refractivity contribution in [1.82, 2.24) is 4.98 Å². The molecule has 4 bridgehead atoms. The molecule has 4 fully saturated rings. The summed E-state index contributed by atoms with van der Waals surface area (Å²) in [6.07, 6.45) is 9.18. The Morgan fingerprint density at radius 2 is 1.79 bits per heavy atom. The molecule has 1 amide bonds. The van der Waals surface area contributed by atoms with Gasteiger partial charge >= 0.3 is 0 Å². The first kappa shape index (κ1) is 19.8. The molecule has 4 saturated carbocycles. The highest BCUT2D eigenvalue weighted by atomic mass is 35.5. The van der Waals surface area contributed by atoms with Gasteiger partial charge < -0.3 is 5.32 Å². The Kier molecular flexibility index (Phi) is 5.16. The number of hydrogen-bond acceptors (Lipinski definition) is 3. The van der Waals surface area contributed by atoms with Gasteiger partial charge in [0.15, 0.2) is 5.13 Å². The van der Waals surface area contributed by atoms with Crippen LogP contribution in [0.15, 0.2) is 18.2 Å². The number of carbonyl (C=O) groups is 1. The third-order valence-electron chi connectivity index (χ3n) is 7.11. The minimum atomic E-state index is -0.158. The summed E-state index contributed by atoms with van der Waals surface area (Å²) in [7, 11) is 0. The van der Waals surface area contributed by atoms with Gasteiger partial charge in [0.25, 0.3) is 0 Å². The van der Waals surface area contributed by atoms with Crippen molar-refractivity contribution in [3.8, 4) is 11.3 Å². The molecule has 4 aliphatic rings. The molecule has 1 aromatic carbocycles. The Balaban J connectivity index is 1.41. The van der Waals surface area contributed by atoms with Gasteiger partial charge in [-0.15, -0.1) is 11.3 Å². The molecule has 6 heteroatoms. The fourth-order valence-corrected chi connectivity index (χ4v) is 7.67. The number of aromatic nitrogens is 1. The van der Waals surface area contributed by atoms with Gasteiger partial charge in [0, 0.05) is 10.4 Å². The molecule has 0 radical (unpaired) electrons. The third kappa shape index (κ3) is 3.62. The summed E-state index contributed by atoms with van der Waals surface area (Å²) < 4.78 is 0. The maximum absolute atomic E-state index is 13.4. The van der Waals surface area contributed by atoms with Crippen LogP contribution in [0.4, 0.5) is 5.13 Å². The molecule has 1 N–H and O–H groups in total. The standard InChI is InChI=1S/C23H26Cl2N2OS/c1-2-3-19-20(16-4-5-17(24)18(25)9-16)26-22(29-19)27-21(28)23-10-13-6-14(11-23)8-15(7-13)12-23/h4-5,9,13-15H,2-3,6-8,10-12H2,1H3,(H,26,27,28). The van der Waals surface area contributed by atoms with Crippen molar-refractivity contribution in [2.24, 2.45) is 23.2 Å². The smallest absolute Gasteiger partial charge is 0.232 e. The largest absolute Gasteiger partial charge is 0.301 e. The molecule has 4 aliphatic carbocycles. The van der Waals surface area contributed by atoms with Crippen LogP contribution >= 0.6 is 34.5 Å². The Bertz CT molecular complexity index is 919. The van der Waals surface area contributed by atoms with Crippen LogP contribution in [0.3, 0.4) is 0 Å². The van der Waals surface area contributed by atoms with E-state index in [1.807, 2.05) is 18.2 Å². The van der Waals surface area contributed by atoms with E-state index in [9.17, 15) is 4.79 Å². The molecular formula is C23H26Cl2N2OS. The van der Waals surface area contributed by atoms with Crippen LogP contribution in [0.1, 0.15) is 56.7 Å². The highest BCUT2D eigenvalue weighted by molar-refractivity contribution is 7.16. The Hall–Kier alpha value is -1.10. The van der Waals surface area contributed by atoms with Gasteiger partial charge in [0.2, 0.25) is 5.91 Å². The van der Waals surface area contributed by atoms with Crippen molar-refractivity contribution >= 4 is 45.6 Å². The summed E-state index contributed by atoms with van der Waals surface area (Å²) in [6.45, 7) is 2.16. The second kappa shape index (κ2) is 7.55. The molecule has 1 heterocycles. The molecule has 0 aliphatic heterocycles. The predicted octanol–water partition coefficient (Wildman–Crippen LogP) is 7.22. The van der Waals surface area contributed by atoms with Crippen LogP contribution in [0.25, 0.3) is 11.3 Å². The molecule has 0 spiro atoms. The van der Waals surface area contributed by atoms with Crippen molar-refractivity contribution in [1.29, 1.82) is 0 Å². The number of nitrogens with zero attached hydrogens (tertiary/aromatic N) is 1. The first-order valence-corrected chi connectivity index (χ1v) is 12.3. The van der Waals surface area contributed by atoms with Crippen LogP contribution in [-0.4, -0.2) is 10.9 Å². The number of amides is 1. The summed E-state index contributed by atoms with van der Waals surface area (Å²) in [5.41, 5.74) is 1.71. The lowest BCUT2D eigenvalue weighted by molar-refractivity contribution is -0.140. The number of thiazole rings is 1. The monoisotopic (exact) mass is 448 g/mol. The van der Waals surface area contributed by atoms with E-state index in [1.54, 1.807) is 11.3 Å². The zero-order valence-corrected chi connectivity index (χ0v) is 19.0. The van der Waals surface area contributed by atoms with Gasteiger partial charge in [0.05, 0.1) is 21.2 Å². The minimum Gasteiger partial charge on any atom is -0.301 e. The molecule has 3 nitrogen and oxygen atoms in total. The molecule has 154 valence electrons. The van der Waals surface area contributed by atoms with Crippen LogP contribution in [0, 0.1) is 23.2 Å². The van der Waals surface area contributed by atoms with Gasteiger partial charge in [0.1, 0.15) is 0 Å². The maximum atomic E-state index is 13.4. The number of anilines is 1. The van der Waals surface area contributed by atoms with Crippen molar-refractivity contribution in [3.05, 3.63) is 33.1 Å². The average molecular weight is 449 g/mol. The molecule has 2 aromatic rings. The van der Waals surface area contributed by atoms with Crippen LogP contribution in [0.2, 0.25) is 10.0 Å². The Morgan fingerprint density at radius 1 is 1.14 bits per heavy atom. The Labute approximate surface area is 186 Å². The molecule has 0 unspecified atom stereocenters. The van der Waals surface area contributed by atoms with Crippen molar-refractivity contribution in [2.75, 3.05) is 5.32 Å². The third-order valence-corrected chi connectivity index (χ3v) is 8.88. The lowest BCUT2D eigenvalue weighted by Gasteiger charge is -2.55. The minimum absolute atomic E-state index is 0.158. The number of rotatable bonds is 5. The number of aryl methyl sites for hydroxylation is 1. The van der Waals surface area contributed by atoms with E-state index >= 15 is 0 Å². The lowest BCUT2D eigenvalue weighted by Crippen LogP contribution is -2.51. The summed E-state index contributed by atoms with van der Waals surface area (Å²) in [5, 5.41) is 5.01. The second-order valence-electron chi connectivity index (χ2n) is 9.32. The number of benzene rings is 1.